The Morgan fingerprint density at radius 2 is 2.17 bits per heavy atom. The molecule has 0 fully saturated rings. The van der Waals surface area contributed by atoms with E-state index in [0.29, 0.717) is 5.75 Å². The van der Waals surface area contributed by atoms with Gasteiger partial charge in [-0.05, 0) is 38.5 Å². The maximum absolute atomic E-state index is 12.2. The standard InChI is InChI=1S/C13H21NO2S2/c1-12(2,10-6-5-7-18-10)11(15)14-8-13(3,16)9-17-4/h5-7,16H,8-9H2,1-4H3,(H,14,15). The molecule has 0 aliphatic carbocycles. The van der Waals surface area contributed by atoms with Gasteiger partial charge in [0.15, 0.2) is 0 Å². The molecule has 5 heteroatoms. The molecule has 3 nitrogen and oxygen atoms in total. The largest absolute Gasteiger partial charge is 0.387 e. The fourth-order valence-electron chi connectivity index (χ4n) is 1.60. The molecule has 1 atom stereocenters. The third kappa shape index (κ3) is 4.00. The number of hydrogen-bond acceptors (Lipinski definition) is 4. The minimum Gasteiger partial charge on any atom is -0.387 e. The predicted molar refractivity (Wildman–Crippen MR) is 79.4 cm³/mol. The van der Waals surface area contributed by atoms with Crippen LogP contribution in [0.2, 0.25) is 0 Å². The van der Waals surface area contributed by atoms with Gasteiger partial charge in [-0.2, -0.15) is 11.8 Å². The van der Waals surface area contributed by atoms with E-state index in [1.54, 1.807) is 30.0 Å². The molecule has 0 saturated carbocycles. The first-order valence-corrected chi connectivity index (χ1v) is 8.10. The van der Waals surface area contributed by atoms with Crippen LogP contribution < -0.4 is 5.32 Å². The smallest absolute Gasteiger partial charge is 0.231 e. The summed E-state index contributed by atoms with van der Waals surface area (Å²) in [6.07, 6.45) is 1.94. The number of nitrogens with one attached hydrogen (secondary N) is 1. The van der Waals surface area contributed by atoms with Crippen LogP contribution in [0, 0.1) is 0 Å². The highest BCUT2D eigenvalue weighted by Crippen LogP contribution is 2.27. The van der Waals surface area contributed by atoms with Gasteiger partial charge in [-0.25, -0.2) is 0 Å². The molecule has 1 aromatic rings. The highest BCUT2D eigenvalue weighted by atomic mass is 32.2. The number of thiophene rings is 1. The number of amides is 1. The summed E-state index contributed by atoms with van der Waals surface area (Å²) in [5.74, 6) is 0.554. The van der Waals surface area contributed by atoms with E-state index in [4.69, 9.17) is 0 Å². The summed E-state index contributed by atoms with van der Waals surface area (Å²) in [4.78, 5) is 13.2. The van der Waals surface area contributed by atoms with Crippen molar-refractivity contribution in [3.8, 4) is 0 Å². The first kappa shape index (κ1) is 15.5. The Morgan fingerprint density at radius 3 is 2.67 bits per heavy atom. The van der Waals surface area contributed by atoms with Crippen LogP contribution in [0.4, 0.5) is 0 Å². The van der Waals surface area contributed by atoms with Crippen LogP contribution in [0.3, 0.4) is 0 Å². The Hall–Kier alpha value is -0.520. The number of carbonyl (C=O) groups is 1. The van der Waals surface area contributed by atoms with Gasteiger partial charge in [0.2, 0.25) is 5.91 Å². The van der Waals surface area contributed by atoms with Crippen LogP contribution in [0.5, 0.6) is 0 Å². The summed E-state index contributed by atoms with van der Waals surface area (Å²) >= 11 is 3.14. The molecule has 0 saturated heterocycles. The van der Waals surface area contributed by atoms with Crippen molar-refractivity contribution in [3.05, 3.63) is 22.4 Å². The molecule has 0 bridgehead atoms. The minimum absolute atomic E-state index is 0.0497. The second-order valence-corrected chi connectivity index (χ2v) is 7.03. The predicted octanol–water partition coefficient (Wildman–Crippen LogP) is 2.26. The van der Waals surface area contributed by atoms with E-state index < -0.39 is 11.0 Å². The molecule has 1 amide bonds. The zero-order valence-corrected chi connectivity index (χ0v) is 13.0. The van der Waals surface area contributed by atoms with Crippen molar-refractivity contribution in [1.82, 2.24) is 5.32 Å². The zero-order chi connectivity index (χ0) is 13.8. The molecule has 18 heavy (non-hydrogen) atoms. The van der Waals surface area contributed by atoms with E-state index in [-0.39, 0.29) is 12.5 Å². The van der Waals surface area contributed by atoms with E-state index in [1.165, 1.54) is 0 Å². The van der Waals surface area contributed by atoms with Crippen molar-refractivity contribution in [2.75, 3.05) is 18.6 Å². The van der Waals surface area contributed by atoms with Gasteiger partial charge >= 0.3 is 0 Å². The SMILES string of the molecule is CSCC(C)(O)CNC(=O)C(C)(C)c1cccs1. The van der Waals surface area contributed by atoms with E-state index in [2.05, 4.69) is 5.32 Å². The molecule has 1 unspecified atom stereocenters. The highest BCUT2D eigenvalue weighted by Gasteiger charge is 2.32. The average Bonchev–Trinajstić information content (AvgIpc) is 2.79. The second kappa shape index (κ2) is 6.08. The van der Waals surface area contributed by atoms with E-state index >= 15 is 0 Å². The fraction of sp³-hybridized carbons (Fsp3) is 0.615. The third-order valence-corrected chi connectivity index (χ3v) is 4.89. The maximum atomic E-state index is 12.2. The van der Waals surface area contributed by atoms with Crippen LogP contribution in [-0.4, -0.2) is 35.2 Å². The molecule has 1 heterocycles. The van der Waals surface area contributed by atoms with E-state index in [9.17, 15) is 9.90 Å². The van der Waals surface area contributed by atoms with Crippen molar-refractivity contribution >= 4 is 29.0 Å². The lowest BCUT2D eigenvalue weighted by Gasteiger charge is -2.27. The highest BCUT2D eigenvalue weighted by molar-refractivity contribution is 7.98. The Labute approximate surface area is 117 Å². The lowest BCUT2D eigenvalue weighted by molar-refractivity contribution is -0.126. The summed E-state index contributed by atoms with van der Waals surface area (Å²) in [5.41, 5.74) is -1.41. The lowest BCUT2D eigenvalue weighted by atomic mass is 9.90. The molecule has 0 aliphatic heterocycles. The molecule has 2 N–H and O–H groups in total. The molecule has 1 aromatic heterocycles. The molecule has 0 radical (unpaired) electrons. The zero-order valence-electron chi connectivity index (χ0n) is 11.3. The number of thioether (sulfide) groups is 1. The second-order valence-electron chi connectivity index (χ2n) is 5.21. The summed E-state index contributed by atoms with van der Waals surface area (Å²) in [6, 6.07) is 3.91. The Morgan fingerprint density at radius 1 is 1.50 bits per heavy atom. The third-order valence-electron chi connectivity index (χ3n) is 2.79. The lowest BCUT2D eigenvalue weighted by Crippen LogP contribution is -2.47. The van der Waals surface area contributed by atoms with Crippen molar-refractivity contribution in [2.24, 2.45) is 0 Å². The van der Waals surface area contributed by atoms with Crippen LogP contribution in [0.25, 0.3) is 0 Å². The van der Waals surface area contributed by atoms with Crippen LogP contribution in [0.1, 0.15) is 25.6 Å². The molecule has 0 aromatic carbocycles. The quantitative estimate of drug-likeness (QED) is 0.844. The Balaban J connectivity index is 2.61. The van der Waals surface area contributed by atoms with Crippen molar-refractivity contribution in [1.29, 1.82) is 0 Å². The number of hydrogen-bond donors (Lipinski definition) is 2. The molecule has 0 aliphatic rings. The molecular formula is C13H21NO2S2. The summed E-state index contributed by atoms with van der Waals surface area (Å²) in [5, 5.41) is 14.8. The summed E-state index contributed by atoms with van der Waals surface area (Å²) in [7, 11) is 0. The Kier molecular flexibility index (Phi) is 5.25. The first-order valence-electron chi connectivity index (χ1n) is 5.83. The molecular weight excluding hydrogens is 266 g/mol. The van der Waals surface area contributed by atoms with Crippen molar-refractivity contribution < 1.29 is 9.90 Å². The van der Waals surface area contributed by atoms with Crippen molar-refractivity contribution in [2.45, 2.75) is 31.8 Å². The van der Waals surface area contributed by atoms with Gasteiger partial charge in [0, 0.05) is 17.2 Å². The van der Waals surface area contributed by atoms with Crippen LogP contribution in [-0.2, 0) is 10.2 Å². The summed E-state index contributed by atoms with van der Waals surface area (Å²) < 4.78 is 0. The molecule has 0 spiro atoms. The number of aliphatic hydroxyl groups is 1. The summed E-state index contributed by atoms with van der Waals surface area (Å²) in [6.45, 7) is 5.82. The normalized spacial score (nSPS) is 15.2. The van der Waals surface area contributed by atoms with E-state index in [0.717, 1.165) is 4.88 Å². The van der Waals surface area contributed by atoms with Crippen LogP contribution in [0.15, 0.2) is 17.5 Å². The van der Waals surface area contributed by atoms with Crippen LogP contribution >= 0.6 is 23.1 Å². The van der Waals surface area contributed by atoms with Gasteiger partial charge < -0.3 is 10.4 Å². The number of rotatable bonds is 6. The van der Waals surface area contributed by atoms with Gasteiger partial charge in [0.05, 0.1) is 11.0 Å². The van der Waals surface area contributed by atoms with Gasteiger partial charge in [-0.1, -0.05) is 6.07 Å². The van der Waals surface area contributed by atoms with Crippen molar-refractivity contribution in [3.63, 3.8) is 0 Å². The van der Waals surface area contributed by atoms with Gasteiger partial charge in [0.1, 0.15) is 0 Å². The number of carbonyl (C=O) groups excluding carboxylic acids is 1. The van der Waals surface area contributed by atoms with Gasteiger partial charge in [-0.15, -0.1) is 11.3 Å². The first-order chi connectivity index (χ1) is 8.29. The topological polar surface area (TPSA) is 49.3 Å². The average molecular weight is 287 g/mol. The van der Waals surface area contributed by atoms with Gasteiger partial charge in [0.25, 0.3) is 0 Å². The molecule has 102 valence electrons. The van der Waals surface area contributed by atoms with Gasteiger partial charge in [-0.3, -0.25) is 4.79 Å². The maximum Gasteiger partial charge on any atom is 0.231 e. The minimum atomic E-state index is -0.861. The molecule has 1 rings (SSSR count). The monoisotopic (exact) mass is 287 g/mol. The van der Waals surface area contributed by atoms with E-state index in [1.807, 2.05) is 37.6 Å². The fourth-order valence-corrected chi connectivity index (χ4v) is 3.17. The Bertz CT molecular complexity index is 386.